The van der Waals surface area contributed by atoms with E-state index in [1.54, 1.807) is 38.1 Å². The molecular formula is C28H24Cl2F3N3O4. The van der Waals surface area contributed by atoms with Crippen LogP contribution >= 0.6 is 23.2 Å². The molecule has 1 heterocycles. The third kappa shape index (κ3) is 6.68. The molecule has 0 atom stereocenters. The first-order valence-corrected chi connectivity index (χ1v) is 12.9. The van der Waals surface area contributed by atoms with Crippen molar-refractivity contribution in [2.45, 2.75) is 33.1 Å². The van der Waals surface area contributed by atoms with E-state index < -0.39 is 28.6 Å². The number of carbonyl (C=O) groups excluding carboxylic acids is 3. The molecule has 40 heavy (non-hydrogen) atoms. The summed E-state index contributed by atoms with van der Waals surface area (Å²) in [6, 6.07) is 12.7. The number of fused-ring (bicyclic) bond motifs is 1. The van der Waals surface area contributed by atoms with E-state index in [9.17, 15) is 27.6 Å². The van der Waals surface area contributed by atoms with Crippen LogP contribution in [-0.2, 0) is 24.1 Å². The lowest BCUT2D eigenvalue weighted by atomic mass is 10.1. The zero-order valence-corrected chi connectivity index (χ0v) is 22.9. The number of halogens is 5. The molecule has 1 aliphatic heterocycles. The fraction of sp³-hybridized carbons (Fsp3) is 0.250. The summed E-state index contributed by atoms with van der Waals surface area (Å²) in [4.78, 5) is 39.3. The Kier molecular flexibility index (Phi) is 8.60. The fourth-order valence-electron chi connectivity index (χ4n) is 3.95. The smallest absolute Gasteiger partial charge is 0.417 e. The molecule has 0 bridgehead atoms. The molecule has 0 unspecified atom stereocenters. The quantitative estimate of drug-likeness (QED) is 0.326. The van der Waals surface area contributed by atoms with Crippen LogP contribution in [0, 0.1) is 5.92 Å². The van der Waals surface area contributed by atoms with Gasteiger partial charge in [-0.2, -0.15) is 13.2 Å². The molecule has 4 rings (SSSR count). The van der Waals surface area contributed by atoms with E-state index in [1.165, 1.54) is 23.1 Å². The van der Waals surface area contributed by atoms with Gasteiger partial charge >= 0.3 is 6.18 Å². The fourth-order valence-corrected chi connectivity index (χ4v) is 4.38. The Labute approximate surface area is 238 Å². The van der Waals surface area contributed by atoms with E-state index >= 15 is 0 Å². The van der Waals surface area contributed by atoms with Crippen LogP contribution in [0.3, 0.4) is 0 Å². The van der Waals surface area contributed by atoms with E-state index in [-0.39, 0.29) is 64.8 Å². The minimum atomic E-state index is -4.64. The summed E-state index contributed by atoms with van der Waals surface area (Å²) in [6.45, 7) is 3.44. The topological polar surface area (TPSA) is 87.7 Å². The number of nitrogens with one attached hydrogen (secondary N) is 2. The molecule has 3 aromatic carbocycles. The van der Waals surface area contributed by atoms with E-state index in [0.717, 1.165) is 12.1 Å². The summed E-state index contributed by atoms with van der Waals surface area (Å²) in [6.07, 6.45) is -4.64. The predicted molar refractivity (Wildman–Crippen MR) is 144 cm³/mol. The lowest BCUT2D eigenvalue weighted by Crippen LogP contribution is -2.38. The molecule has 3 amide bonds. The summed E-state index contributed by atoms with van der Waals surface area (Å²) in [5, 5.41) is 5.23. The van der Waals surface area contributed by atoms with Gasteiger partial charge in [-0.05, 0) is 53.6 Å². The number of amides is 3. The van der Waals surface area contributed by atoms with Crippen LogP contribution in [0.2, 0.25) is 10.0 Å². The number of rotatable bonds is 7. The van der Waals surface area contributed by atoms with Crippen LogP contribution in [0.15, 0.2) is 54.6 Å². The first-order chi connectivity index (χ1) is 18.8. The Hall–Kier alpha value is -3.76. The number of benzene rings is 3. The number of alkyl halides is 3. The Bertz CT molecular complexity index is 1480. The van der Waals surface area contributed by atoms with Crippen LogP contribution in [0.1, 0.15) is 51.3 Å². The monoisotopic (exact) mass is 593 g/mol. The highest BCUT2D eigenvalue weighted by molar-refractivity contribution is 6.34. The van der Waals surface area contributed by atoms with Gasteiger partial charge in [0.05, 0.1) is 26.7 Å². The zero-order chi connectivity index (χ0) is 29.2. The molecular weight excluding hydrogens is 570 g/mol. The van der Waals surface area contributed by atoms with Crippen molar-refractivity contribution in [2.24, 2.45) is 5.92 Å². The van der Waals surface area contributed by atoms with Crippen LogP contribution in [0.4, 0.5) is 18.9 Å². The summed E-state index contributed by atoms with van der Waals surface area (Å²) >= 11 is 11.9. The van der Waals surface area contributed by atoms with Crippen LogP contribution in [-0.4, -0.2) is 29.4 Å². The average molecular weight is 594 g/mol. The minimum Gasteiger partial charge on any atom is -0.472 e. The number of anilines is 1. The lowest BCUT2D eigenvalue weighted by Gasteiger charge is -2.29. The third-order valence-electron chi connectivity index (χ3n) is 6.11. The summed E-state index contributed by atoms with van der Waals surface area (Å²) in [7, 11) is 0. The standard InChI is InChI=1S/C28H24Cl2F3N3O4/c1-15(2)25(37)34-12-16-3-6-22(29)19(9-16)26(38)35-18-5-8-24-20(11-18)27(39)36(14-40-24)13-17-4-7-23(30)21(10-17)28(31,32)33/h3-11,15H,12-14H2,1-2H3,(H,34,37)(H,35,38). The van der Waals surface area contributed by atoms with Gasteiger partial charge in [0.25, 0.3) is 11.8 Å². The van der Waals surface area contributed by atoms with Gasteiger partial charge in [-0.1, -0.05) is 49.2 Å². The number of ether oxygens (including phenoxy) is 1. The van der Waals surface area contributed by atoms with Gasteiger partial charge in [0.15, 0.2) is 6.73 Å². The van der Waals surface area contributed by atoms with Gasteiger partial charge < -0.3 is 20.3 Å². The van der Waals surface area contributed by atoms with Crippen molar-refractivity contribution < 1.29 is 32.3 Å². The molecule has 0 aromatic heterocycles. The first-order valence-electron chi connectivity index (χ1n) is 12.1. The maximum Gasteiger partial charge on any atom is 0.417 e. The molecule has 7 nitrogen and oxygen atoms in total. The van der Waals surface area contributed by atoms with Crippen molar-refractivity contribution >= 4 is 46.6 Å². The van der Waals surface area contributed by atoms with Crippen molar-refractivity contribution in [1.82, 2.24) is 10.2 Å². The molecule has 0 fully saturated rings. The summed E-state index contributed by atoms with van der Waals surface area (Å²) < 4.78 is 45.4. The number of hydrogen-bond acceptors (Lipinski definition) is 4. The Morgan fingerprint density at radius 2 is 1.70 bits per heavy atom. The van der Waals surface area contributed by atoms with Crippen molar-refractivity contribution in [2.75, 3.05) is 12.0 Å². The van der Waals surface area contributed by atoms with E-state index in [1.807, 2.05) is 0 Å². The van der Waals surface area contributed by atoms with E-state index in [2.05, 4.69) is 10.6 Å². The van der Waals surface area contributed by atoms with E-state index in [0.29, 0.717) is 5.56 Å². The molecule has 0 saturated carbocycles. The Morgan fingerprint density at radius 1 is 1.00 bits per heavy atom. The highest BCUT2D eigenvalue weighted by Crippen LogP contribution is 2.36. The average Bonchev–Trinajstić information content (AvgIpc) is 2.90. The van der Waals surface area contributed by atoms with Gasteiger partial charge in [-0.25, -0.2) is 0 Å². The summed E-state index contributed by atoms with van der Waals surface area (Å²) in [5.41, 5.74) is 0.480. The van der Waals surface area contributed by atoms with Gasteiger partial charge in [0.1, 0.15) is 5.75 Å². The first kappa shape index (κ1) is 29.2. The highest BCUT2D eigenvalue weighted by atomic mass is 35.5. The molecule has 0 radical (unpaired) electrons. The van der Waals surface area contributed by atoms with Gasteiger partial charge in [0, 0.05) is 24.7 Å². The molecule has 0 spiro atoms. The minimum absolute atomic E-state index is 0.130. The maximum absolute atomic E-state index is 13.2. The van der Waals surface area contributed by atoms with Crippen molar-refractivity contribution in [3.63, 3.8) is 0 Å². The van der Waals surface area contributed by atoms with Gasteiger partial charge in [-0.3, -0.25) is 14.4 Å². The second-order valence-corrected chi connectivity index (χ2v) is 10.3. The second-order valence-electron chi connectivity index (χ2n) is 9.44. The molecule has 3 aromatic rings. The Balaban J connectivity index is 1.49. The van der Waals surface area contributed by atoms with Gasteiger partial charge in [-0.15, -0.1) is 0 Å². The Morgan fingerprint density at radius 3 is 2.40 bits per heavy atom. The number of carbonyl (C=O) groups is 3. The number of hydrogen-bond donors (Lipinski definition) is 2. The van der Waals surface area contributed by atoms with Gasteiger partial charge in [0.2, 0.25) is 5.91 Å². The third-order valence-corrected chi connectivity index (χ3v) is 6.77. The molecule has 0 aliphatic carbocycles. The predicted octanol–water partition coefficient (Wildman–Crippen LogP) is 6.53. The number of nitrogens with zero attached hydrogens (tertiary/aromatic N) is 1. The molecule has 2 N–H and O–H groups in total. The SMILES string of the molecule is CC(C)C(=O)NCc1ccc(Cl)c(C(=O)Nc2ccc3c(c2)C(=O)N(Cc2ccc(Cl)c(C(F)(F)F)c2)CO3)c1. The second kappa shape index (κ2) is 11.8. The van der Waals surface area contributed by atoms with Crippen LogP contribution < -0.4 is 15.4 Å². The van der Waals surface area contributed by atoms with E-state index in [4.69, 9.17) is 27.9 Å². The van der Waals surface area contributed by atoms with Crippen LogP contribution in [0.25, 0.3) is 0 Å². The lowest BCUT2D eigenvalue weighted by molar-refractivity contribution is -0.137. The maximum atomic E-state index is 13.2. The summed E-state index contributed by atoms with van der Waals surface area (Å²) in [5.74, 6) is -1.07. The van der Waals surface area contributed by atoms with Crippen molar-refractivity contribution in [3.8, 4) is 5.75 Å². The molecule has 0 saturated heterocycles. The zero-order valence-electron chi connectivity index (χ0n) is 21.4. The molecule has 12 heteroatoms. The largest absolute Gasteiger partial charge is 0.472 e. The van der Waals surface area contributed by atoms with Crippen molar-refractivity contribution in [1.29, 1.82) is 0 Å². The van der Waals surface area contributed by atoms with Crippen molar-refractivity contribution in [3.05, 3.63) is 92.5 Å². The van der Waals surface area contributed by atoms with Crippen LogP contribution in [0.5, 0.6) is 5.75 Å². The molecule has 210 valence electrons. The molecule has 1 aliphatic rings. The normalized spacial score (nSPS) is 13.1. The highest BCUT2D eigenvalue weighted by Gasteiger charge is 2.34.